The van der Waals surface area contributed by atoms with Crippen LogP contribution in [0.15, 0.2) is 22.8 Å². The van der Waals surface area contributed by atoms with Gasteiger partial charge in [-0.2, -0.15) is 0 Å². The summed E-state index contributed by atoms with van der Waals surface area (Å²) < 4.78 is 9.97. The van der Waals surface area contributed by atoms with E-state index < -0.39 is 17.9 Å². The molecule has 0 aromatic carbocycles. The van der Waals surface area contributed by atoms with Crippen molar-refractivity contribution in [3.63, 3.8) is 0 Å². The van der Waals surface area contributed by atoms with Crippen molar-refractivity contribution in [2.45, 2.75) is 13.5 Å². The predicted molar refractivity (Wildman–Crippen MR) is 75.7 cm³/mol. The summed E-state index contributed by atoms with van der Waals surface area (Å²) in [5.74, 6) is -0.704. The highest BCUT2D eigenvalue weighted by Crippen LogP contribution is 2.05. The molecule has 1 aliphatic heterocycles. The number of hydrogen-bond acceptors (Lipinski definition) is 5. The largest absolute Gasteiger partial charge is 0.467 e. The number of ether oxygens (including phenoxy) is 1. The highest BCUT2D eigenvalue weighted by molar-refractivity contribution is 6.35. The zero-order valence-electron chi connectivity index (χ0n) is 12.4. The van der Waals surface area contributed by atoms with Crippen LogP contribution in [0.25, 0.3) is 0 Å². The van der Waals surface area contributed by atoms with Gasteiger partial charge in [0.25, 0.3) is 0 Å². The van der Waals surface area contributed by atoms with E-state index in [1.807, 2.05) is 0 Å². The summed E-state index contributed by atoms with van der Waals surface area (Å²) in [6.45, 7) is 3.55. The van der Waals surface area contributed by atoms with Crippen molar-refractivity contribution < 1.29 is 23.5 Å². The lowest BCUT2D eigenvalue weighted by Crippen LogP contribution is -2.53. The number of carbonyl (C=O) groups is 3. The zero-order valence-corrected chi connectivity index (χ0v) is 12.4. The van der Waals surface area contributed by atoms with Gasteiger partial charge in [-0.05, 0) is 19.1 Å². The van der Waals surface area contributed by atoms with Gasteiger partial charge in [-0.3, -0.25) is 9.59 Å². The Morgan fingerprint density at radius 1 is 1.23 bits per heavy atom. The van der Waals surface area contributed by atoms with Gasteiger partial charge in [0, 0.05) is 26.2 Å². The second kappa shape index (κ2) is 7.48. The highest BCUT2D eigenvalue weighted by Gasteiger charge is 2.28. The average molecular weight is 309 g/mol. The smallest absolute Gasteiger partial charge is 0.409 e. The van der Waals surface area contributed by atoms with E-state index in [1.165, 1.54) is 16.1 Å². The van der Waals surface area contributed by atoms with Crippen LogP contribution in [0.5, 0.6) is 0 Å². The van der Waals surface area contributed by atoms with Crippen LogP contribution >= 0.6 is 0 Å². The third kappa shape index (κ3) is 4.00. The lowest BCUT2D eigenvalue weighted by Gasteiger charge is -2.33. The molecule has 0 radical (unpaired) electrons. The lowest BCUT2D eigenvalue weighted by atomic mass is 10.3. The minimum absolute atomic E-state index is 0.167. The molecule has 3 amide bonds. The number of furan rings is 1. The highest BCUT2D eigenvalue weighted by atomic mass is 16.6. The molecule has 2 rings (SSSR count). The van der Waals surface area contributed by atoms with Gasteiger partial charge < -0.3 is 24.3 Å². The van der Waals surface area contributed by atoms with E-state index in [0.29, 0.717) is 38.5 Å². The fourth-order valence-corrected chi connectivity index (χ4v) is 2.11. The van der Waals surface area contributed by atoms with Crippen molar-refractivity contribution in [2.24, 2.45) is 0 Å². The first-order valence-electron chi connectivity index (χ1n) is 7.13. The molecule has 1 aromatic heterocycles. The van der Waals surface area contributed by atoms with E-state index in [1.54, 1.807) is 19.1 Å². The molecule has 1 N–H and O–H groups in total. The predicted octanol–water partition coefficient (Wildman–Crippen LogP) is 0.197. The molecule has 1 saturated heterocycles. The first kappa shape index (κ1) is 15.9. The van der Waals surface area contributed by atoms with Crippen LogP contribution in [0.3, 0.4) is 0 Å². The van der Waals surface area contributed by atoms with E-state index in [2.05, 4.69) is 5.32 Å². The summed E-state index contributed by atoms with van der Waals surface area (Å²) >= 11 is 0. The van der Waals surface area contributed by atoms with Gasteiger partial charge in [0.2, 0.25) is 0 Å². The molecule has 8 nitrogen and oxygen atoms in total. The van der Waals surface area contributed by atoms with E-state index in [0.717, 1.165) is 0 Å². The molecule has 0 unspecified atom stereocenters. The maximum Gasteiger partial charge on any atom is 0.409 e. The molecule has 22 heavy (non-hydrogen) atoms. The third-order valence-electron chi connectivity index (χ3n) is 3.29. The summed E-state index contributed by atoms with van der Waals surface area (Å²) in [5, 5.41) is 2.51. The van der Waals surface area contributed by atoms with Crippen LogP contribution in [0.1, 0.15) is 12.7 Å². The standard InChI is InChI=1S/C14H19N3O5/c1-2-21-14(20)17-7-5-16(6-8-17)13(19)12(18)15-10-11-4-3-9-22-11/h3-4,9H,2,5-8,10H2,1H3,(H,15,18). The first-order valence-corrected chi connectivity index (χ1v) is 7.13. The van der Waals surface area contributed by atoms with Crippen LogP contribution < -0.4 is 5.32 Å². The second-order valence-electron chi connectivity index (χ2n) is 4.74. The molecule has 0 atom stereocenters. The fourth-order valence-electron chi connectivity index (χ4n) is 2.11. The summed E-state index contributed by atoms with van der Waals surface area (Å²) in [6, 6.07) is 3.42. The molecule has 1 aliphatic rings. The zero-order chi connectivity index (χ0) is 15.9. The number of nitrogens with zero attached hydrogens (tertiary/aromatic N) is 2. The van der Waals surface area contributed by atoms with Crippen molar-refractivity contribution in [1.82, 2.24) is 15.1 Å². The summed E-state index contributed by atoms with van der Waals surface area (Å²) in [5.41, 5.74) is 0. The molecule has 1 aromatic rings. The number of nitrogens with one attached hydrogen (secondary N) is 1. The fraction of sp³-hybridized carbons (Fsp3) is 0.500. The van der Waals surface area contributed by atoms with Crippen molar-refractivity contribution in [1.29, 1.82) is 0 Å². The van der Waals surface area contributed by atoms with Crippen molar-refractivity contribution in [2.75, 3.05) is 32.8 Å². The second-order valence-corrected chi connectivity index (χ2v) is 4.74. The van der Waals surface area contributed by atoms with Gasteiger partial charge in [0.05, 0.1) is 19.4 Å². The molecule has 0 bridgehead atoms. The number of hydrogen-bond donors (Lipinski definition) is 1. The first-order chi connectivity index (χ1) is 10.6. The molecule has 0 aliphatic carbocycles. The van der Waals surface area contributed by atoms with Crippen LogP contribution in [0.2, 0.25) is 0 Å². The summed E-state index contributed by atoms with van der Waals surface area (Å²) in [7, 11) is 0. The Bertz CT molecular complexity index is 521. The third-order valence-corrected chi connectivity index (χ3v) is 3.29. The van der Waals surface area contributed by atoms with Crippen molar-refractivity contribution in [3.8, 4) is 0 Å². The topological polar surface area (TPSA) is 92.1 Å². The monoisotopic (exact) mass is 309 g/mol. The normalized spacial score (nSPS) is 14.6. The van der Waals surface area contributed by atoms with Crippen LogP contribution in [0, 0.1) is 0 Å². The summed E-state index contributed by atoms with van der Waals surface area (Å²) in [6.07, 6.45) is 1.11. The van der Waals surface area contributed by atoms with Crippen LogP contribution in [-0.4, -0.2) is 60.5 Å². The number of amides is 3. The van der Waals surface area contributed by atoms with Crippen LogP contribution in [-0.2, 0) is 20.9 Å². The van der Waals surface area contributed by atoms with Gasteiger partial charge in [0.15, 0.2) is 0 Å². The Morgan fingerprint density at radius 3 is 2.50 bits per heavy atom. The van der Waals surface area contributed by atoms with E-state index in [4.69, 9.17) is 9.15 Å². The summed E-state index contributed by atoms with van der Waals surface area (Å²) in [4.78, 5) is 38.3. The Morgan fingerprint density at radius 2 is 1.91 bits per heavy atom. The Kier molecular flexibility index (Phi) is 5.40. The van der Waals surface area contributed by atoms with E-state index >= 15 is 0 Å². The molecule has 0 saturated carbocycles. The molecule has 2 heterocycles. The number of piperazine rings is 1. The lowest BCUT2D eigenvalue weighted by molar-refractivity contribution is -0.147. The van der Waals surface area contributed by atoms with Gasteiger partial charge in [-0.25, -0.2) is 4.79 Å². The minimum atomic E-state index is -0.680. The van der Waals surface area contributed by atoms with E-state index in [-0.39, 0.29) is 6.54 Å². The Labute approximate surface area is 128 Å². The minimum Gasteiger partial charge on any atom is -0.467 e. The molecular formula is C14H19N3O5. The average Bonchev–Trinajstić information content (AvgIpc) is 3.05. The van der Waals surface area contributed by atoms with Gasteiger partial charge in [-0.15, -0.1) is 0 Å². The molecule has 8 heteroatoms. The maximum atomic E-state index is 12.0. The number of carbonyl (C=O) groups excluding carboxylic acids is 3. The van der Waals surface area contributed by atoms with Crippen molar-refractivity contribution >= 4 is 17.9 Å². The molecular weight excluding hydrogens is 290 g/mol. The quantitative estimate of drug-likeness (QED) is 0.805. The Balaban J connectivity index is 1.76. The van der Waals surface area contributed by atoms with Gasteiger partial charge in [0.1, 0.15) is 5.76 Å². The SMILES string of the molecule is CCOC(=O)N1CCN(C(=O)C(=O)NCc2ccco2)CC1. The number of rotatable bonds is 3. The van der Waals surface area contributed by atoms with Gasteiger partial charge in [-0.1, -0.05) is 0 Å². The molecule has 1 fully saturated rings. The van der Waals surface area contributed by atoms with Gasteiger partial charge >= 0.3 is 17.9 Å². The maximum absolute atomic E-state index is 12.0. The molecule has 120 valence electrons. The molecule has 0 spiro atoms. The van der Waals surface area contributed by atoms with Crippen LogP contribution in [0.4, 0.5) is 4.79 Å². The van der Waals surface area contributed by atoms with E-state index in [9.17, 15) is 14.4 Å². The van der Waals surface area contributed by atoms with Crippen molar-refractivity contribution in [3.05, 3.63) is 24.2 Å². The Hall–Kier alpha value is -2.51.